The molecule has 0 spiro atoms. The van der Waals surface area contributed by atoms with Crippen molar-refractivity contribution in [3.8, 4) is 5.75 Å². The van der Waals surface area contributed by atoms with Crippen LogP contribution in [0.15, 0.2) is 24.3 Å². The number of hydrogen-bond donors (Lipinski definition) is 2. The summed E-state index contributed by atoms with van der Waals surface area (Å²) in [5.74, 6) is 0.808. The van der Waals surface area contributed by atoms with Gasteiger partial charge in [-0.25, -0.2) is 0 Å². The van der Waals surface area contributed by atoms with E-state index in [0.29, 0.717) is 11.7 Å². The normalized spacial score (nSPS) is 19.3. The van der Waals surface area contributed by atoms with Crippen molar-refractivity contribution in [2.75, 3.05) is 39.3 Å². The van der Waals surface area contributed by atoms with E-state index in [1.54, 1.807) is 0 Å². The maximum absolute atomic E-state index is 12.3. The molecule has 2 aliphatic rings. The molecule has 1 aliphatic heterocycles. The fourth-order valence-corrected chi connectivity index (χ4v) is 3.45. The van der Waals surface area contributed by atoms with E-state index >= 15 is 0 Å². The number of carbonyl (C=O) groups excluding carboxylic acids is 1. The third-order valence-electron chi connectivity index (χ3n) is 4.85. The van der Waals surface area contributed by atoms with E-state index in [9.17, 15) is 4.79 Å². The fourth-order valence-electron chi connectivity index (χ4n) is 3.45. The molecule has 24 heavy (non-hydrogen) atoms. The van der Waals surface area contributed by atoms with Crippen molar-refractivity contribution in [3.05, 3.63) is 29.8 Å². The molecule has 0 aromatic heterocycles. The lowest BCUT2D eigenvalue weighted by Gasteiger charge is -2.27. The average molecular weight is 331 g/mol. The number of amides is 1. The SMILES string of the molecule is O=C(NCCCN1CCNCC1)c1cccc(OC2CCCC2)c1. The molecule has 0 bridgehead atoms. The Morgan fingerprint density at radius 1 is 1.25 bits per heavy atom. The molecule has 1 heterocycles. The Labute approximate surface area is 144 Å². The number of carbonyl (C=O) groups is 1. The molecule has 5 nitrogen and oxygen atoms in total. The van der Waals surface area contributed by atoms with Gasteiger partial charge in [-0.1, -0.05) is 6.07 Å². The third kappa shape index (κ3) is 5.21. The second-order valence-corrected chi connectivity index (χ2v) is 6.75. The molecule has 1 aromatic carbocycles. The minimum atomic E-state index is -0.00724. The van der Waals surface area contributed by atoms with Gasteiger partial charge in [-0.05, 0) is 56.8 Å². The van der Waals surface area contributed by atoms with E-state index in [2.05, 4.69) is 15.5 Å². The summed E-state index contributed by atoms with van der Waals surface area (Å²) >= 11 is 0. The first kappa shape index (κ1) is 17.2. The van der Waals surface area contributed by atoms with Crippen LogP contribution in [0.3, 0.4) is 0 Å². The highest BCUT2D eigenvalue weighted by atomic mass is 16.5. The maximum atomic E-state index is 12.3. The van der Waals surface area contributed by atoms with Crippen molar-refractivity contribution in [2.45, 2.75) is 38.2 Å². The summed E-state index contributed by atoms with van der Waals surface area (Å²) < 4.78 is 5.98. The van der Waals surface area contributed by atoms with Crippen LogP contribution in [0.1, 0.15) is 42.5 Å². The van der Waals surface area contributed by atoms with Crippen LogP contribution in [-0.2, 0) is 0 Å². The molecule has 1 saturated heterocycles. The highest BCUT2D eigenvalue weighted by molar-refractivity contribution is 5.94. The first-order chi connectivity index (χ1) is 11.8. The van der Waals surface area contributed by atoms with Gasteiger partial charge in [0, 0.05) is 38.3 Å². The molecule has 1 aliphatic carbocycles. The molecular weight excluding hydrogens is 302 g/mol. The Balaban J connectivity index is 1.40. The smallest absolute Gasteiger partial charge is 0.251 e. The molecule has 0 radical (unpaired) electrons. The fraction of sp³-hybridized carbons (Fsp3) is 0.632. The Hall–Kier alpha value is -1.59. The zero-order chi connectivity index (χ0) is 16.6. The number of hydrogen-bond acceptors (Lipinski definition) is 4. The van der Waals surface area contributed by atoms with Gasteiger partial charge in [0.05, 0.1) is 6.10 Å². The number of rotatable bonds is 7. The number of ether oxygens (including phenoxy) is 1. The second-order valence-electron chi connectivity index (χ2n) is 6.75. The quantitative estimate of drug-likeness (QED) is 0.751. The number of benzene rings is 1. The lowest BCUT2D eigenvalue weighted by Crippen LogP contribution is -2.44. The van der Waals surface area contributed by atoms with Crippen molar-refractivity contribution in [1.82, 2.24) is 15.5 Å². The zero-order valence-electron chi connectivity index (χ0n) is 14.4. The van der Waals surface area contributed by atoms with E-state index in [4.69, 9.17) is 4.74 Å². The van der Waals surface area contributed by atoms with Crippen molar-refractivity contribution in [2.24, 2.45) is 0 Å². The molecule has 2 fully saturated rings. The van der Waals surface area contributed by atoms with Crippen molar-refractivity contribution in [3.63, 3.8) is 0 Å². The van der Waals surface area contributed by atoms with Crippen LogP contribution >= 0.6 is 0 Å². The summed E-state index contributed by atoms with van der Waals surface area (Å²) in [6, 6.07) is 7.57. The second kappa shape index (κ2) is 9.04. The summed E-state index contributed by atoms with van der Waals surface area (Å²) in [7, 11) is 0. The van der Waals surface area contributed by atoms with Gasteiger partial charge in [0.1, 0.15) is 5.75 Å². The molecule has 0 unspecified atom stereocenters. The molecule has 1 aromatic rings. The third-order valence-corrected chi connectivity index (χ3v) is 4.85. The van der Waals surface area contributed by atoms with E-state index in [1.165, 1.54) is 12.8 Å². The van der Waals surface area contributed by atoms with Crippen LogP contribution in [0.4, 0.5) is 0 Å². The van der Waals surface area contributed by atoms with E-state index in [0.717, 1.165) is 64.3 Å². The molecule has 3 rings (SSSR count). The van der Waals surface area contributed by atoms with Gasteiger partial charge < -0.3 is 20.3 Å². The molecule has 132 valence electrons. The van der Waals surface area contributed by atoms with Crippen LogP contribution in [-0.4, -0.2) is 56.2 Å². The van der Waals surface area contributed by atoms with E-state index < -0.39 is 0 Å². The molecule has 0 atom stereocenters. The largest absolute Gasteiger partial charge is 0.490 e. The van der Waals surface area contributed by atoms with E-state index in [1.807, 2.05) is 24.3 Å². The maximum Gasteiger partial charge on any atom is 0.251 e. The van der Waals surface area contributed by atoms with Gasteiger partial charge in [0.25, 0.3) is 5.91 Å². The molecule has 1 saturated carbocycles. The summed E-state index contributed by atoms with van der Waals surface area (Å²) in [4.78, 5) is 14.7. The molecular formula is C19H29N3O2. The Morgan fingerprint density at radius 2 is 2.04 bits per heavy atom. The number of piperazine rings is 1. The topological polar surface area (TPSA) is 53.6 Å². The van der Waals surface area contributed by atoms with Crippen LogP contribution in [0.5, 0.6) is 5.75 Å². The summed E-state index contributed by atoms with van der Waals surface area (Å²) in [6.45, 7) is 6.12. The Kier molecular flexibility index (Phi) is 6.49. The zero-order valence-corrected chi connectivity index (χ0v) is 14.4. The minimum absolute atomic E-state index is 0.00724. The predicted molar refractivity (Wildman–Crippen MR) is 95.6 cm³/mol. The van der Waals surface area contributed by atoms with Gasteiger partial charge in [0.15, 0.2) is 0 Å². The van der Waals surface area contributed by atoms with Crippen LogP contribution in [0, 0.1) is 0 Å². The van der Waals surface area contributed by atoms with Crippen LogP contribution in [0.25, 0.3) is 0 Å². The lowest BCUT2D eigenvalue weighted by molar-refractivity contribution is 0.0950. The molecule has 5 heteroatoms. The van der Waals surface area contributed by atoms with Crippen molar-refractivity contribution in [1.29, 1.82) is 0 Å². The van der Waals surface area contributed by atoms with Crippen LogP contribution < -0.4 is 15.4 Å². The monoisotopic (exact) mass is 331 g/mol. The highest BCUT2D eigenvalue weighted by Gasteiger charge is 2.17. The summed E-state index contributed by atoms with van der Waals surface area (Å²) in [5, 5.41) is 6.38. The number of nitrogens with zero attached hydrogens (tertiary/aromatic N) is 1. The Bertz CT molecular complexity index is 523. The van der Waals surface area contributed by atoms with Gasteiger partial charge in [-0.15, -0.1) is 0 Å². The predicted octanol–water partition coefficient (Wildman–Crippen LogP) is 2.03. The first-order valence-electron chi connectivity index (χ1n) is 9.29. The van der Waals surface area contributed by atoms with Gasteiger partial charge in [0.2, 0.25) is 0 Å². The summed E-state index contributed by atoms with van der Waals surface area (Å²) in [6.07, 6.45) is 6.06. The molecule has 2 N–H and O–H groups in total. The lowest BCUT2D eigenvalue weighted by atomic mass is 10.2. The Morgan fingerprint density at radius 3 is 2.83 bits per heavy atom. The van der Waals surface area contributed by atoms with Crippen LogP contribution in [0.2, 0.25) is 0 Å². The van der Waals surface area contributed by atoms with Gasteiger partial charge in [-0.3, -0.25) is 4.79 Å². The van der Waals surface area contributed by atoms with Crippen molar-refractivity contribution < 1.29 is 9.53 Å². The minimum Gasteiger partial charge on any atom is -0.490 e. The van der Waals surface area contributed by atoms with Gasteiger partial charge >= 0.3 is 0 Å². The highest BCUT2D eigenvalue weighted by Crippen LogP contribution is 2.24. The number of nitrogens with one attached hydrogen (secondary N) is 2. The first-order valence-corrected chi connectivity index (χ1v) is 9.29. The van der Waals surface area contributed by atoms with Crippen molar-refractivity contribution >= 4 is 5.91 Å². The molecule has 1 amide bonds. The van der Waals surface area contributed by atoms with Gasteiger partial charge in [-0.2, -0.15) is 0 Å². The van der Waals surface area contributed by atoms with E-state index in [-0.39, 0.29) is 5.91 Å². The summed E-state index contributed by atoms with van der Waals surface area (Å²) in [5.41, 5.74) is 0.688. The average Bonchev–Trinajstić information content (AvgIpc) is 3.13. The standard InChI is InChI=1S/C19H29N3O2/c23-19(21-9-4-12-22-13-10-20-11-14-22)16-5-3-8-18(15-16)24-17-6-1-2-7-17/h3,5,8,15,17,20H,1-2,4,6-7,9-14H2,(H,21,23).